The Balaban J connectivity index is 1.64. The molecule has 3 amide bonds. The predicted molar refractivity (Wildman–Crippen MR) is 90.6 cm³/mol. The van der Waals surface area contributed by atoms with Crippen LogP contribution in [0.2, 0.25) is 0 Å². The minimum atomic E-state index is -0.0766. The Bertz CT molecular complexity index is 584. The molecule has 1 saturated carbocycles. The lowest BCUT2D eigenvalue weighted by Crippen LogP contribution is -2.43. The van der Waals surface area contributed by atoms with Gasteiger partial charge in [0.2, 0.25) is 0 Å². The normalized spacial score (nSPS) is 27.7. The van der Waals surface area contributed by atoms with Crippen molar-refractivity contribution in [3.8, 4) is 0 Å². The highest BCUT2D eigenvalue weighted by molar-refractivity contribution is 5.97. The summed E-state index contributed by atoms with van der Waals surface area (Å²) in [4.78, 5) is 25.8. The Morgan fingerprint density at radius 3 is 2.61 bits per heavy atom. The van der Waals surface area contributed by atoms with E-state index >= 15 is 0 Å². The Kier molecular flexibility index (Phi) is 4.55. The average Bonchev–Trinajstić information content (AvgIpc) is 2.98. The van der Waals surface area contributed by atoms with Crippen LogP contribution in [0.25, 0.3) is 0 Å². The average molecular weight is 315 g/mol. The first-order valence-corrected chi connectivity index (χ1v) is 8.52. The van der Waals surface area contributed by atoms with E-state index in [2.05, 4.69) is 24.5 Å². The molecule has 0 bridgehead atoms. The van der Waals surface area contributed by atoms with Crippen molar-refractivity contribution in [2.24, 2.45) is 11.8 Å². The molecule has 1 saturated heterocycles. The van der Waals surface area contributed by atoms with Crippen molar-refractivity contribution in [3.05, 3.63) is 29.8 Å². The molecule has 0 radical (unpaired) electrons. The topological polar surface area (TPSA) is 61.4 Å². The third-order valence-corrected chi connectivity index (χ3v) is 5.32. The van der Waals surface area contributed by atoms with E-state index in [1.165, 1.54) is 12.8 Å². The molecule has 124 valence electrons. The van der Waals surface area contributed by atoms with E-state index in [0.29, 0.717) is 30.5 Å². The lowest BCUT2D eigenvalue weighted by Gasteiger charge is -2.34. The van der Waals surface area contributed by atoms with Crippen LogP contribution >= 0.6 is 0 Å². The summed E-state index contributed by atoms with van der Waals surface area (Å²) in [7, 11) is 0. The third kappa shape index (κ3) is 3.33. The molecule has 2 fully saturated rings. The maximum Gasteiger partial charge on any atom is 0.321 e. The summed E-state index contributed by atoms with van der Waals surface area (Å²) in [5.41, 5.74) is 1.48. The van der Waals surface area contributed by atoms with E-state index in [1.54, 1.807) is 17.0 Å². The van der Waals surface area contributed by atoms with Crippen LogP contribution in [0.5, 0.6) is 0 Å². The van der Waals surface area contributed by atoms with Gasteiger partial charge in [-0.3, -0.25) is 9.69 Å². The quantitative estimate of drug-likeness (QED) is 0.901. The summed E-state index contributed by atoms with van der Waals surface area (Å²) in [6.07, 6.45) is 3.49. The molecule has 2 aliphatic rings. The lowest BCUT2D eigenvalue weighted by atomic mass is 9.78. The van der Waals surface area contributed by atoms with E-state index in [-0.39, 0.29) is 18.0 Å². The molecule has 1 aliphatic heterocycles. The van der Waals surface area contributed by atoms with Gasteiger partial charge < -0.3 is 10.6 Å². The first kappa shape index (κ1) is 15.8. The molecule has 0 spiro atoms. The number of urea groups is 1. The maximum atomic E-state index is 12.5. The maximum absolute atomic E-state index is 12.5. The number of rotatable bonds is 3. The molecule has 0 aromatic heterocycles. The molecule has 2 N–H and O–H groups in total. The standard InChI is InChI=1S/C18H25N3O2/c1-12-4-3-5-16(13(12)2)20-17(22)14-6-8-15(9-7-14)21-11-10-19-18(21)23/h6-9,12-13,16H,3-5,10-11H2,1-2H3,(H,19,23)(H,20,22). The Labute approximate surface area is 137 Å². The minimum absolute atomic E-state index is 0.0200. The number of carbonyl (C=O) groups is 2. The van der Waals surface area contributed by atoms with Gasteiger partial charge in [-0.25, -0.2) is 4.79 Å². The molecule has 3 unspecified atom stereocenters. The Hall–Kier alpha value is -2.04. The van der Waals surface area contributed by atoms with Crippen molar-refractivity contribution in [3.63, 3.8) is 0 Å². The molecule has 3 rings (SSSR count). The molecule has 3 atom stereocenters. The Morgan fingerprint density at radius 2 is 1.96 bits per heavy atom. The third-order valence-electron chi connectivity index (χ3n) is 5.32. The number of anilines is 1. The fourth-order valence-corrected chi connectivity index (χ4v) is 3.55. The molecule has 1 aromatic carbocycles. The molecule has 5 nitrogen and oxygen atoms in total. The number of nitrogens with one attached hydrogen (secondary N) is 2. The molecule has 1 heterocycles. The minimum Gasteiger partial charge on any atom is -0.349 e. The van der Waals surface area contributed by atoms with Crippen molar-refractivity contribution in [2.45, 2.75) is 39.2 Å². The van der Waals surface area contributed by atoms with Gasteiger partial charge >= 0.3 is 6.03 Å². The second-order valence-electron chi connectivity index (χ2n) is 6.78. The number of nitrogens with zero attached hydrogens (tertiary/aromatic N) is 1. The van der Waals surface area contributed by atoms with Gasteiger partial charge in [0.05, 0.1) is 0 Å². The van der Waals surface area contributed by atoms with Gasteiger partial charge in [0.15, 0.2) is 0 Å². The number of benzene rings is 1. The highest BCUT2D eigenvalue weighted by atomic mass is 16.2. The van der Waals surface area contributed by atoms with E-state index in [1.807, 2.05) is 12.1 Å². The van der Waals surface area contributed by atoms with Crippen LogP contribution in [0.4, 0.5) is 10.5 Å². The van der Waals surface area contributed by atoms with E-state index in [0.717, 1.165) is 12.1 Å². The summed E-state index contributed by atoms with van der Waals surface area (Å²) in [5, 5.41) is 5.96. The van der Waals surface area contributed by atoms with Gasteiger partial charge in [0.25, 0.3) is 5.91 Å². The number of hydrogen-bond acceptors (Lipinski definition) is 2. The van der Waals surface area contributed by atoms with Crippen LogP contribution in [0, 0.1) is 11.8 Å². The molecule has 23 heavy (non-hydrogen) atoms. The van der Waals surface area contributed by atoms with E-state index in [4.69, 9.17) is 0 Å². The van der Waals surface area contributed by atoms with Crippen molar-refractivity contribution in [1.29, 1.82) is 0 Å². The molecule has 1 aliphatic carbocycles. The second kappa shape index (κ2) is 6.60. The zero-order valence-corrected chi connectivity index (χ0v) is 13.8. The number of amides is 3. The Morgan fingerprint density at radius 1 is 1.22 bits per heavy atom. The molecule has 1 aromatic rings. The van der Waals surface area contributed by atoms with Gasteiger partial charge in [0, 0.05) is 30.4 Å². The summed E-state index contributed by atoms with van der Waals surface area (Å²) in [5.74, 6) is 1.15. The SMILES string of the molecule is CC1CCCC(NC(=O)c2ccc(N3CCNC3=O)cc2)C1C. The summed E-state index contributed by atoms with van der Waals surface area (Å²) >= 11 is 0. The van der Waals surface area contributed by atoms with Gasteiger partial charge in [0.1, 0.15) is 0 Å². The molecular weight excluding hydrogens is 290 g/mol. The highest BCUT2D eigenvalue weighted by Gasteiger charge is 2.28. The van der Waals surface area contributed by atoms with E-state index < -0.39 is 0 Å². The fourth-order valence-electron chi connectivity index (χ4n) is 3.55. The van der Waals surface area contributed by atoms with E-state index in [9.17, 15) is 9.59 Å². The first-order valence-electron chi connectivity index (χ1n) is 8.52. The van der Waals surface area contributed by atoms with Crippen LogP contribution in [0.3, 0.4) is 0 Å². The zero-order chi connectivity index (χ0) is 16.4. The number of hydrogen-bond donors (Lipinski definition) is 2. The molecule has 5 heteroatoms. The summed E-state index contributed by atoms with van der Waals surface area (Å²) < 4.78 is 0. The van der Waals surface area contributed by atoms with Crippen LogP contribution in [0.1, 0.15) is 43.5 Å². The van der Waals surface area contributed by atoms with Crippen molar-refractivity contribution >= 4 is 17.6 Å². The first-order chi connectivity index (χ1) is 11.1. The van der Waals surface area contributed by atoms with Gasteiger partial charge in [-0.05, 0) is 42.5 Å². The fraction of sp³-hybridized carbons (Fsp3) is 0.556. The second-order valence-corrected chi connectivity index (χ2v) is 6.78. The number of carbonyl (C=O) groups excluding carboxylic acids is 2. The van der Waals surface area contributed by atoms with Crippen molar-refractivity contribution in [1.82, 2.24) is 10.6 Å². The highest BCUT2D eigenvalue weighted by Crippen LogP contribution is 2.29. The van der Waals surface area contributed by atoms with Gasteiger partial charge in [-0.2, -0.15) is 0 Å². The predicted octanol–water partition coefficient (Wildman–Crippen LogP) is 2.77. The van der Waals surface area contributed by atoms with Crippen molar-refractivity contribution < 1.29 is 9.59 Å². The monoisotopic (exact) mass is 315 g/mol. The largest absolute Gasteiger partial charge is 0.349 e. The summed E-state index contributed by atoms with van der Waals surface area (Å²) in [6.45, 7) is 5.82. The summed E-state index contributed by atoms with van der Waals surface area (Å²) in [6, 6.07) is 7.46. The van der Waals surface area contributed by atoms with Gasteiger partial charge in [-0.1, -0.05) is 26.7 Å². The van der Waals surface area contributed by atoms with Crippen LogP contribution in [0.15, 0.2) is 24.3 Å². The lowest BCUT2D eigenvalue weighted by molar-refractivity contribution is 0.0891. The molecular formula is C18H25N3O2. The van der Waals surface area contributed by atoms with Crippen molar-refractivity contribution in [2.75, 3.05) is 18.0 Å². The van der Waals surface area contributed by atoms with Gasteiger partial charge in [-0.15, -0.1) is 0 Å². The zero-order valence-electron chi connectivity index (χ0n) is 13.8. The smallest absolute Gasteiger partial charge is 0.321 e. The van der Waals surface area contributed by atoms with Crippen LogP contribution < -0.4 is 15.5 Å². The van der Waals surface area contributed by atoms with Crippen LogP contribution in [-0.2, 0) is 0 Å². The van der Waals surface area contributed by atoms with Crippen LogP contribution in [-0.4, -0.2) is 31.1 Å².